The van der Waals surface area contributed by atoms with E-state index in [2.05, 4.69) is 4.74 Å². The van der Waals surface area contributed by atoms with E-state index in [0.29, 0.717) is 39.1 Å². The van der Waals surface area contributed by atoms with Crippen LogP contribution in [0.4, 0.5) is 0 Å². The van der Waals surface area contributed by atoms with Crippen LogP contribution in [0.1, 0.15) is 22.5 Å². The standard InChI is InChI=1S/C13H17NO6S2/c1-18-12(15)11-10(2-9-21-11)22(16,17)14-5-3-13(4-6-14)19-7-8-20-13/h2,9H,3-8H2,1H3. The van der Waals surface area contributed by atoms with E-state index in [1.807, 2.05) is 0 Å². The Bertz CT molecular complexity index is 652. The molecule has 0 aromatic carbocycles. The van der Waals surface area contributed by atoms with Gasteiger partial charge in [-0.15, -0.1) is 11.3 Å². The molecule has 0 saturated carbocycles. The van der Waals surface area contributed by atoms with Gasteiger partial charge in [-0.25, -0.2) is 13.2 Å². The van der Waals surface area contributed by atoms with Crippen molar-refractivity contribution in [1.82, 2.24) is 4.31 Å². The Balaban J connectivity index is 1.80. The number of carbonyl (C=O) groups excluding carboxylic acids is 1. The average Bonchev–Trinajstić information content (AvgIpc) is 3.17. The molecule has 2 aliphatic heterocycles. The first kappa shape index (κ1) is 15.9. The maximum atomic E-state index is 12.7. The van der Waals surface area contributed by atoms with Crippen molar-refractivity contribution in [1.29, 1.82) is 0 Å². The molecule has 7 nitrogen and oxygen atoms in total. The summed E-state index contributed by atoms with van der Waals surface area (Å²) in [6, 6.07) is 1.44. The van der Waals surface area contributed by atoms with Crippen LogP contribution in [0.15, 0.2) is 16.3 Å². The van der Waals surface area contributed by atoms with Gasteiger partial charge in [-0.05, 0) is 11.4 Å². The van der Waals surface area contributed by atoms with E-state index in [1.54, 1.807) is 5.38 Å². The van der Waals surface area contributed by atoms with E-state index in [1.165, 1.54) is 17.5 Å². The maximum Gasteiger partial charge on any atom is 0.349 e. The minimum atomic E-state index is -3.72. The molecule has 1 spiro atoms. The number of rotatable bonds is 3. The quantitative estimate of drug-likeness (QED) is 0.761. The van der Waals surface area contributed by atoms with E-state index in [4.69, 9.17) is 9.47 Å². The number of esters is 1. The number of nitrogens with zero attached hydrogens (tertiary/aromatic N) is 1. The Kier molecular flexibility index (Phi) is 4.25. The highest BCUT2D eigenvalue weighted by Gasteiger charge is 2.43. The number of sulfonamides is 1. The lowest BCUT2D eigenvalue weighted by Gasteiger charge is -2.36. The molecule has 1 aromatic rings. The van der Waals surface area contributed by atoms with Crippen molar-refractivity contribution < 1.29 is 27.4 Å². The van der Waals surface area contributed by atoms with Crippen LogP contribution >= 0.6 is 11.3 Å². The highest BCUT2D eigenvalue weighted by atomic mass is 32.2. The first-order chi connectivity index (χ1) is 10.5. The third kappa shape index (κ3) is 2.67. The maximum absolute atomic E-state index is 12.7. The van der Waals surface area contributed by atoms with Crippen molar-refractivity contribution in [3.8, 4) is 0 Å². The van der Waals surface area contributed by atoms with Crippen LogP contribution in [0.2, 0.25) is 0 Å². The number of ether oxygens (including phenoxy) is 3. The summed E-state index contributed by atoms with van der Waals surface area (Å²) in [7, 11) is -2.48. The average molecular weight is 347 g/mol. The van der Waals surface area contributed by atoms with Gasteiger partial charge in [0.1, 0.15) is 9.77 Å². The summed E-state index contributed by atoms with van der Waals surface area (Å²) >= 11 is 1.06. The molecule has 0 N–H and O–H groups in total. The van der Waals surface area contributed by atoms with E-state index in [-0.39, 0.29) is 9.77 Å². The summed E-state index contributed by atoms with van der Waals surface area (Å²) in [6.07, 6.45) is 0.980. The molecule has 122 valence electrons. The second-order valence-corrected chi connectivity index (χ2v) is 7.94. The Morgan fingerprint density at radius 3 is 2.55 bits per heavy atom. The molecule has 0 radical (unpaired) electrons. The van der Waals surface area contributed by atoms with E-state index >= 15 is 0 Å². The monoisotopic (exact) mass is 347 g/mol. The smallest absolute Gasteiger partial charge is 0.349 e. The largest absolute Gasteiger partial charge is 0.465 e. The summed E-state index contributed by atoms with van der Waals surface area (Å²) in [6.45, 7) is 1.70. The molecule has 2 saturated heterocycles. The zero-order valence-electron chi connectivity index (χ0n) is 12.1. The molecule has 1 aromatic heterocycles. The molecular formula is C13H17NO6S2. The summed E-state index contributed by atoms with van der Waals surface area (Å²) < 4.78 is 42.7. The number of carbonyl (C=O) groups is 1. The Hall–Kier alpha value is -1.00. The van der Waals surface area contributed by atoms with Gasteiger partial charge in [-0.2, -0.15) is 4.31 Å². The van der Waals surface area contributed by atoms with Crippen LogP contribution in [-0.4, -0.2) is 57.9 Å². The normalized spacial score (nSPS) is 22.0. The number of methoxy groups -OCH3 is 1. The first-order valence-electron chi connectivity index (χ1n) is 6.92. The molecule has 0 amide bonds. The molecule has 22 heavy (non-hydrogen) atoms. The lowest BCUT2D eigenvalue weighted by molar-refractivity contribution is -0.179. The molecule has 0 aliphatic carbocycles. The minimum Gasteiger partial charge on any atom is -0.465 e. The number of hydrogen-bond acceptors (Lipinski definition) is 7. The Morgan fingerprint density at radius 2 is 1.95 bits per heavy atom. The topological polar surface area (TPSA) is 82.1 Å². The van der Waals surface area contributed by atoms with E-state index in [0.717, 1.165) is 11.3 Å². The lowest BCUT2D eigenvalue weighted by atomic mass is 10.1. The van der Waals surface area contributed by atoms with Gasteiger partial charge in [0.25, 0.3) is 0 Å². The molecule has 3 heterocycles. The van der Waals surface area contributed by atoms with Gasteiger partial charge in [0.15, 0.2) is 5.79 Å². The van der Waals surface area contributed by atoms with Crippen LogP contribution < -0.4 is 0 Å². The third-order valence-corrected chi connectivity index (χ3v) is 6.88. The van der Waals surface area contributed by atoms with Gasteiger partial charge in [0.05, 0.1) is 20.3 Å². The summed E-state index contributed by atoms with van der Waals surface area (Å²) in [4.78, 5) is 11.8. The van der Waals surface area contributed by atoms with Gasteiger partial charge in [0, 0.05) is 25.9 Å². The van der Waals surface area contributed by atoms with E-state index in [9.17, 15) is 13.2 Å². The third-order valence-electron chi connectivity index (χ3n) is 3.92. The van der Waals surface area contributed by atoms with Gasteiger partial charge in [0.2, 0.25) is 10.0 Å². The van der Waals surface area contributed by atoms with Gasteiger partial charge in [-0.3, -0.25) is 0 Å². The van der Waals surface area contributed by atoms with E-state index < -0.39 is 21.8 Å². The second kappa shape index (κ2) is 5.89. The Labute approximate surface area is 132 Å². The van der Waals surface area contributed by atoms with Crippen LogP contribution in [0.25, 0.3) is 0 Å². The number of thiophene rings is 1. The predicted molar refractivity (Wildman–Crippen MR) is 78.3 cm³/mol. The van der Waals surface area contributed by atoms with Gasteiger partial charge in [-0.1, -0.05) is 0 Å². The molecule has 2 fully saturated rings. The highest BCUT2D eigenvalue weighted by Crippen LogP contribution is 2.34. The van der Waals surface area contributed by atoms with Crippen LogP contribution in [0.3, 0.4) is 0 Å². The second-order valence-electron chi connectivity index (χ2n) is 5.12. The fourth-order valence-electron chi connectivity index (χ4n) is 2.73. The van der Waals surface area contributed by atoms with Crippen molar-refractivity contribution in [2.24, 2.45) is 0 Å². The number of hydrogen-bond donors (Lipinski definition) is 0. The molecular weight excluding hydrogens is 330 g/mol. The molecule has 3 rings (SSSR count). The lowest BCUT2D eigenvalue weighted by Crippen LogP contribution is -2.47. The van der Waals surface area contributed by atoms with Crippen LogP contribution in [0, 0.1) is 0 Å². The summed E-state index contributed by atoms with van der Waals surface area (Å²) in [5, 5.41) is 1.58. The first-order valence-corrected chi connectivity index (χ1v) is 9.24. The van der Waals surface area contributed by atoms with Crippen molar-refractivity contribution >= 4 is 27.3 Å². The van der Waals surface area contributed by atoms with Crippen molar-refractivity contribution in [2.75, 3.05) is 33.4 Å². The van der Waals surface area contributed by atoms with Crippen molar-refractivity contribution in [3.63, 3.8) is 0 Å². The highest BCUT2D eigenvalue weighted by molar-refractivity contribution is 7.89. The fourth-order valence-corrected chi connectivity index (χ4v) is 5.48. The molecule has 0 atom stereocenters. The van der Waals surface area contributed by atoms with Gasteiger partial charge >= 0.3 is 5.97 Å². The number of piperidine rings is 1. The molecule has 9 heteroatoms. The molecule has 0 bridgehead atoms. The van der Waals surface area contributed by atoms with Crippen molar-refractivity contribution in [3.05, 3.63) is 16.3 Å². The predicted octanol–water partition coefficient (Wildman–Crippen LogP) is 1.06. The van der Waals surface area contributed by atoms with Crippen molar-refractivity contribution in [2.45, 2.75) is 23.5 Å². The zero-order valence-corrected chi connectivity index (χ0v) is 13.7. The minimum absolute atomic E-state index is 0.00792. The SMILES string of the molecule is COC(=O)c1sccc1S(=O)(=O)N1CCC2(CC1)OCCO2. The van der Waals surface area contributed by atoms with Crippen LogP contribution in [-0.2, 0) is 24.2 Å². The summed E-state index contributed by atoms with van der Waals surface area (Å²) in [5.74, 6) is -1.27. The molecule has 2 aliphatic rings. The zero-order chi connectivity index (χ0) is 15.8. The Morgan fingerprint density at radius 1 is 1.32 bits per heavy atom. The molecule has 0 unspecified atom stereocenters. The van der Waals surface area contributed by atoms with Crippen LogP contribution in [0.5, 0.6) is 0 Å². The fraction of sp³-hybridized carbons (Fsp3) is 0.615. The summed E-state index contributed by atoms with van der Waals surface area (Å²) in [5.41, 5.74) is 0. The van der Waals surface area contributed by atoms with Gasteiger partial charge < -0.3 is 14.2 Å².